The zero-order chi connectivity index (χ0) is 19.4. The van der Waals surface area contributed by atoms with E-state index in [0.29, 0.717) is 23.4 Å². The molecule has 0 aromatic heterocycles. The van der Waals surface area contributed by atoms with Gasteiger partial charge < -0.3 is 15.0 Å². The highest BCUT2D eigenvalue weighted by Gasteiger charge is 2.30. The maximum absolute atomic E-state index is 14.0. The summed E-state index contributed by atoms with van der Waals surface area (Å²) < 4.78 is 19.7. The number of aryl methyl sites for hydroxylation is 1. The van der Waals surface area contributed by atoms with E-state index in [4.69, 9.17) is 4.74 Å². The summed E-state index contributed by atoms with van der Waals surface area (Å²) in [6.45, 7) is 6.54. The van der Waals surface area contributed by atoms with Crippen LogP contribution in [0.1, 0.15) is 51.0 Å². The van der Waals surface area contributed by atoms with E-state index >= 15 is 0 Å². The number of nitrogens with zero attached hydrogens (tertiary/aromatic N) is 2. The monoisotopic (exact) mass is 379 g/mol. The van der Waals surface area contributed by atoms with Gasteiger partial charge in [-0.2, -0.15) is 4.39 Å². The van der Waals surface area contributed by atoms with Crippen molar-refractivity contribution in [3.63, 3.8) is 0 Å². The zero-order valence-electron chi connectivity index (χ0n) is 16.2. The van der Waals surface area contributed by atoms with Gasteiger partial charge in [0, 0.05) is 31.8 Å². The van der Waals surface area contributed by atoms with Crippen LogP contribution in [0.25, 0.3) is 0 Å². The number of piperidine rings is 1. The molecule has 0 amide bonds. The molecule has 1 aromatic carbocycles. The molecule has 2 fully saturated rings. The first-order valence-corrected chi connectivity index (χ1v) is 10.0. The largest absolute Gasteiger partial charge is 0.379 e. The molecule has 0 spiro atoms. The summed E-state index contributed by atoms with van der Waals surface area (Å²) in [5.74, 6) is -0.772. The predicted molar refractivity (Wildman–Crippen MR) is 104 cm³/mol. The topological polar surface area (TPSA) is 67.6 Å². The molecule has 150 valence electrons. The highest BCUT2D eigenvalue weighted by atomic mass is 19.1. The lowest BCUT2D eigenvalue weighted by Crippen LogP contribution is -2.46. The Morgan fingerprint density at radius 1 is 1.22 bits per heavy atom. The van der Waals surface area contributed by atoms with Gasteiger partial charge in [0.15, 0.2) is 0 Å². The van der Waals surface area contributed by atoms with Crippen LogP contribution in [0.4, 0.5) is 15.8 Å². The maximum atomic E-state index is 14.0. The van der Waals surface area contributed by atoms with Crippen molar-refractivity contribution in [2.24, 2.45) is 0 Å². The van der Waals surface area contributed by atoms with E-state index in [0.717, 1.165) is 45.4 Å². The van der Waals surface area contributed by atoms with Gasteiger partial charge in [0.2, 0.25) is 5.82 Å². The van der Waals surface area contributed by atoms with E-state index in [9.17, 15) is 14.5 Å². The number of benzene rings is 1. The van der Waals surface area contributed by atoms with Crippen molar-refractivity contribution >= 4 is 11.4 Å². The number of nitro groups is 1. The van der Waals surface area contributed by atoms with E-state index in [-0.39, 0.29) is 6.04 Å². The van der Waals surface area contributed by atoms with E-state index in [1.54, 1.807) is 13.0 Å². The Balaban J connectivity index is 1.54. The zero-order valence-corrected chi connectivity index (χ0v) is 16.2. The number of rotatable bonds is 6. The number of halogens is 1. The van der Waals surface area contributed by atoms with Crippen molar-refractivity contribution in [1.82, 2.24) is 4.90 Å². The number of likely N-dealkylation sites (tertiary alicyclic amines) is 1. The Labute approximate surface area is 160 Å². The van der Waals surface area contributed by atoms with Crippen LogP contribution >= 0.6 is 0 Å². The Morgan fingerprint density at radius 2 is 1.89 bits per heavy atom. The van der Waals surface area contributed by atoms with Gasteiger partial charge in [-0.3, -0.25) is 10.1 Å². The number of hydrogen-bond donors (Lipinski definition) is 1. The van der Waals surface area contributed by atoms with E-state index < -0.39 is 16.4 Å². The summed E-state index contributed by atoms with van der Waals surface area (Å²) in [6, 6.07) is 3.64. The van der Waals surface area contributed by atoms with Crippen LogP contribution in [0, 0.1) is 22.9 Å². The lowest BCUT2D eigenvalue weighted by Gasteiger charge is -2.41. The average Bonchev–Trinajstić information content (AvgIpc) is 2.62. The maximum Gasteiger partial charge on any atom is 0.327 e. The van der Waals surface area contributed by atoms with Crippen LogP contribution in [0.15, 0.2) is 12.1 Å². The van der Waals surface area contributed by atoms with Crippen LogP contribution in [-0.4, -0.2) is 47.7 Å². The lowest BCUT2D eigenvalue weighted by molar-refractivity contribution is -0.386. The molecule has 2 aliphatic rings. The Bertz CT molecular complexity index is 654. The highest BCUT2D eigenvalue weighted by molar-refractivity contribution is 5.64. The Hall–Kier alpha value is -1.73. The van der Waals surface area contributed by atoms with Crippen LogP contribution in [0.3, 0.4) is 0 Å². The average molecular weight is 379 g/mol. The quantitative estimate of drug-likeness (QED) is 0.591. The molecule has 1 aromatic rings. The molecule has 7 heteroatoms. The molecule has 6 nitrogen and oxygen atoms in total. The third kappa shape index (κ3) is 4.96. The molecule has 0 unspecified atom stereocenters. The summed E-state index contributed by atoms with van der Waals surface area (Å²) in [5.41, 5.74) is 0.537. The minimum absolute atomic E-state index is 0.140. The van der Waals surface area contributed by atoms with Gasteiger partial charge in [-0.1, -0.05) is 0 Å². The fraction of sp³-hybridized carbons (Fsp3) is 0.700. The molecule has 1 saturated carbocycles. The Kier molecular flexibility index (Phi) is 6.65. The molecule has 1 aliphatic heterocycles. The van der Waals surface area contributed by atoms with Gasteiger partial charge in [0.05, 0.1) is 11.0 Å². The number of anilines is 1. The highest BCUT2D eigenvalue weighted by Crippen LogP contribution is 2.32. The SMILES string of the molecule is CCOC1CCC(N2CCC(Nc3cc(C)cc(F)c3[N+](=O)[O-])CC2)CC1. The standard InChI is InChI=1S/C20H30FN3O3/c1-3-27-17-6-4-16(5-7-17)23-10-8-15(9-11-23)22-19-13-14(2)12-18(21)20(19)24(25)26/h12-13,15-17,22H,3-11H2,1-2H3. The summed E-state index contributed by atoms with van der Waals surface area (Å²) in [5, 5.41) is 14.5. The third-order valence-corrected chi connectivity index (χ3v) is 5.84. The molecular weight excluding hydrogens is 349 g/mol. The van der Waals surface area contributed by atoms with Crippen molar-refractivity contribution in [2.75, 3.05) is 25.0 Å². The number of nitrogens with one attached hydrogen (secondary N) is 1. The first-order valence-electron chi connectivity index (χ1n) is 10.0. The van der Waals surface area contributed by atoms with Crippen molar-refractivity contribution in [3.05, 3.63) is 33.6 Å². The van der Waals surface area contributed by atoms with Crippen molar-refractivity contribution < 1.29 is 14.1 Å². The molecule has 1 N–H and O–H groups in total. The summed E-state index contributed by atoms with van der Waals surface area (Å²) in [6.07, 6.45) is 6.86. The van der Waals surface area contributed by atoms with Crippen LogP contribution in [0.5, 0.6) is 0 Å². The molecule has 0 radical (unpaired) electrons. The predicted octanol–water partition coefficient (Wildman–Crippen LogP) is 4.27. The molecular formula is C20H30FN3O3. The second-order valence-electron chi connectivity index (χ2n) is 7.74. The van der Waals surface area contributed by atoms with Gasteiger partial charge in [-0.05, 0) is 70.1 Å². The molecule has 0 bridgehead atoms. The molecule has 1 aliphatic carbocycles. The second kappa shape index (κ2) is 8.97. The number of hydrogen-bond acceptors (Lipinski definition) is 5. The molecule has 27 heavy (non-hydrogen) atoms. The molecule has 3 rings (SSSR count). The van der Waals surface area contributed by atoms with Gasteiger partial charge >= 0.3 is 5.69 Å². The number of nitro benzene ring substituents is 1. The fourth-order valence-electron chi connectivity index (χ4n) is 4.47. The van der Waals surface area contributed by atoms with Gasteiger partial charge in [-0.15, -0.1) is 0 Å². The summed E-state index contributed by atoms with van der Waals surface area (Å²) in [7, 11) is 0. The smallest absolute Gasteiger partial charge is 0.327 e. The first kappa shape index (κ1) is 20.0. The second-order valence-corrected chi connectivity index (χ2v) is 7.74. The normalized spacial score (nSPS) is 24.7. The van der Waals surface area contributed by atoms with Crippen LogP contribution in [-0.2, 0) is 4.74 Å². The van der Waals surface area contributed by atoms with Gasteiger partial charge in [0.25, 0.3) is 0 Å². The summed E-state index contributed by atoms with van der Waals surface area (Å²) >= 11 is 0. The lowest BCUT2D eigenvalue weighted by atomic mass is 9.90. The van der Waals surface area contributed by atoms with Crippen molar-refractivity contribution in [2.45, 2.75) is 70.6 Å². The van der Waals surface area contributed by atoms with Gasteiger partial charge in [-0.25, -0.2) is 0 Å². The molecule has 1 saturated heterocycles. The van der Waals surface area contributed by atoms with Crippen LogP contribution in [0.2, 0.25) is 0 Å². The third-order valence-electron chi connectivity index (χ3n) is 5.84. The number of ether oxygens (including phenoxy) is 1. The van der Waals surface area contributed by atoms with E-state index in [2.05, 4.69) is 10.2 Å². The van der Waals surface area contributed by atoms with E-state index in [1.807, 2.05) is 6.92 Å². The summed E-state index contributed by atoms with van der Waals surface area (Å²) in [4.78, 5) is 13.1. The van der Waals surface area contributed by atoms with Crippen molar-refractivity contribution in [3.8, 4) is 0 Å². The minimum Gasteiger partial charge on any atom is -0.379 e. The van der Waals surface area contributed by atoms with Gasteiger partial charge in [0.1, 0.15) is 5.69 Å². The van der Waals surface area contributed by atoms with E-state index in [1.165, 1.54) is 18.9 Å². The molecule has 1 heterocycles. The fourth-order valence-corrected chi connectivity index (χ4v) is 4.47. The van der Waals surface area contributed by atoms with Crippen LogP contribution < -0.4 is 5.32 Å². The first-order chi connectivity index (χ1) is 13.0. The van der Waals surface area contributed by atoms with Crippen molar-refractivity contribution in [1.29, 1.82) is 0 Å². The Morgan fingerprint density at radius 3 is 2.48 bits per heavy atom. The molecule has 0 atom stereocenters. The minimum atomic E-state index is -0.772.